The SMILES string of the molecule is N#CC1(C(O)c2ccc(Br)s2)CCCOC1. The monoisotopic (exact) mass is 301 g/mol. The van der Waals surface area contributed by atoms with Crippen LogP contribution in [0.25, 0.3) is 0 Å². The van der Waals surface area contributed by atoms with Crippen LogP contribution < -0.4 is 0 Å². The molecule has 0 aromatic carbocycles. The summed E-state index contributed by atoms with van der Waals surface area (Å²) in [7, 11) is 0. The van der Waals surface area contributed by atoms with Gasteiger partial charge in [-0.05, 0) is 40.9 Å². The van der Waals surface area contributed by atoms with Crippen molar-refractivity contribution in [2.75, 3.05) is 13.2 Å². The van der Waals surface area contributed by atoms with Crippen molar-refractivity contribution in [2.45, 2.75) is 18.9 Å². The quantitative estimate of drug-likeness (QED) is 0.914. The van der Waals surface area contributed by atoms with Gasteiger partial charge in [0.15, 0.2) is 0 Å². The average Bonchev–Trinajstić information content (AvgIpc) is 2.76. The van der Waals surface area contributed by atoms with Crippen LogP contribution in [-0.4, -0.2) is 18.3 Å². The van der Waals surface area contributed by atoms with Crippen molar-refractivity contribution in [1.82, 2.24) is 0 Å². The minimum Gasteiger partial charge on any atom is -0.386 e. The molecule has 0 spiro atoms. The molecule has 0 saturated carbocycles. The number of aliphatic hydroxyl groups is 1. The molecule has 3 nitrogen and oxygen atoms in total. The molecule has 1 saturated heterocycles. The highest BCUT2D eigenvalue weighted by molar-refractivity contribution is 9.11. The van der Waals surface area contributed by atoms with Gasteiger partial charge in [0.2, 0.25) is 0 Å². The van der Waals surface area contributed by atoms with E-state index in [4.69, 9.17) is 4.74 Å². The van der Waals surface area contributed by atoms with Crippen molar-refractivity contribution in [3.05, 3.63) is 20.8 Å². The van der Waals surface area contributed by atoms with E-state index in [-0.39, 0.29) is 0 Å². The average molecular weight is 302 g/mol. The predicted molar refractivity (Wildman–Crippen MR) is 65.1 cm³/mol. The molecule has 1 aromatic heterocycles. The smallest absolute Gasteiger partial charge is 0.111 e. The highest BCUT2D eigenvalue weighted by Gasteiger charge is 2.41. The van der Waals surface area contributed by atoms with Crippen LogP contribution in [0.5, 0.6) is 0 Å². The lowest BCUT2D eigenvalue weighted by molar-refractivity contribution is -0.0492. The maximum atomic E-state index is 10.3. The van der Waals surface area contributed by atoms with Crippen molar-refractivity contribution >= 4 is 27.3 Å². The molecule has 0 aliphatic carbocycles. The fraction of sp³-hybridized carbons (Fsp3) is 0.545. The van der Waals surface area contributed by atoms with Gasteiger partial charge in [0.1, 0.15) is 11.5 Å². The summed E-state index contributed by atoms with van der Waals surface area (Å²) in [6.07, 6.45) is 0.770. The van der Waals surface area contributed by atoms with Gasteiger partial charge < -0.3 is 9.84 Å². The standard InChI is InChI=1S/C11H12BrNO2S/c12-9-3-2-8(16-9)10(14)11(6-13)4-1-5-15-7-11/h2-3,10,14H,1,4-5,7H2. The van der Waals surface area contributed by atoms with E-state index in [2.05, 4.69) is 22.0 Å². The highest BCUT2D eigenvalue weighted by Crippen LogP contribution is 2.43. The number of rotatable bonds is 2. The number of halogens is 1. The largest absolute Gasteiger partial charge is 0.386 e. The third kappa shape index (κ3) is 2.16. The number of aliphatic hydroxyl groups excluding tert-OH is 1. The van der Waals surface area contributed by atoms with Crippen molar-refractivity contribution < 1.29 is 9.84 Å². The lowest BCUT2D eigenvalue weighted by atomic mass is 9.78. The Balaban J connectivity index is 2.24. The second kappa shape index (κ2) is 4.84. The van der Waals surface area contributed by atoms with Crippen LogP contribution in [0, 0.1) is 16.7 Å². The zero-order valence-electron chi connectivity index (χ0n) is 8.65. The Bertz CT molecular complexity index is 406. The summed E-state index contributed by atoms with van der Waals surface area (Å²) in [4.78, 5) is 0.818. The van der Waals surface area contributed by atoms with E-state index in [9.17, 15) is 10.4 Å². The molecule has 86 valence electrons. The highest BCUT2D eigenvalue weighted by atomic mass is 79.9. The Labute approximate surface area is 107 Å². The number of hydrogen-bond donors (Lipinski definition) is 1. The molecule has 5 heteroatoms. The predicted octanol–water partition coefficient (Wildman–Crippen LogP) is 2.86. The Morgan fingerprint density at radius 1 is 1.62 bits per heavy atom. The first kappa shape index (κ1) is 12.1. The van der Waals surface area contributed by atoms with Gasteiger partial charge in [-0.25, -0.2) is 0 Å². The first-order valence-corrected chi connectivity index (χ1v) is 6.71. The summed E-state index contributed by atoms with van der Waals surface area (Å²) < 4.78 is 6.30. The minimum absolute atomic E-state index is 0.320. The molecule has 1 aromatic rings. The van der Waals surface area contributed by atoms with E-state index in [1.165, 1.54) is 11.3 Å². The fourth-order valence-electron chi connectivity index (χ4n) is 1.93. The van der Waals surface area contributed by atoms with Gasteiger partial charge in [0.05, 0.1) is 16.5 Å². The third-order valence-electron chi connectivity index (χ3n) is 2.88. The number of nitrogens with zero attached hydrogens (tertiary/aromatic N) is 1. The summed E-state index contributed by atoms with van der Waals surface area (Å²) >= 11 is 4.82. The second-order valence-corrected chi connectivity index (χ2v) is 6.46. The lowest BCUT2D eigenvalue weighted by Gasteiger charge is -2.34. The molecule has 2 atom stereocenters. The zero-order valence-corrected chi connectivity index (χ0v) is 11.1. The molecular formula is C11H12BrNO2S. The summed E-state index contributed by atoms with van der Waals surface area (Å²) in [6, 6.07) is 5.98. The number of hydrogen-bond acceptors (Lipinski definition) is 4. The normalized spacial score (nSPS) is 27.3. The van der Waals surface area contributed by atoms with Crippen LogP contribution in [0.3, 0.4) is 0 Å². The van der Waals surface area contributed by atoms with Crippen molar-refractivity contribution in [2.24, 2.45) is 5.41 Å². The Hall–Kier alpha value is -0.410. The van der Waals surface area contributed by atoms with E-state index < -0.39 is 11.5 Å². The van der Waals surface area contributed by atoms with Crippen LogP contribution in [0.4, 0.5) is 0 Å². The van der Waals surface area contributed by atoms with E-state index >= 15 is 0 Å². The molecule has 16 heavy (non-hydrogen) atoms. The molecular weight excluding hydrogens is 290 g/mol. The number of nitriles is 1. The Morgan fingerprint density at radius 2 is 2.44 bits per heavy atom. The molecule has 0 radical (unpaired) electrons. The molecule has 2 unspecified atom stereocenters. The van der Waals surface area contributed by atoms with E-state index in [0.29, 0.717) is 19.6 Å². The molecule has 2 rings (SSSR count). The summed E-state index contributed by atoms with van der Waals surface area (Å²) in [6.45, 7) is 1.00. The van der Waals surface area contributed by atoms with Crippen LogP contribution >= 0.6 is 27.3 Å². The zero-order chi connectivity index (χ0) is 11.6. The van der Waals surface area contributed by atoms with Gasteiger partial charge in [0, 0.05) is 11.5 Å². The van der Waals surface area contributed by atoms with E-state index in [0.717, 1.165) is 15.1 Å². The maximum Gasteiger partial charge on any atom is 0.111 e. The summed E-state index contributed by atoms with van der Waals surface area (Å²) in [5, 5.41) is 19.6. The van der Waals surface area contributed by atoms with Crippen LogP contribution in [0.2, 0.25) is 0 Å². The minimum atomic E-state index is -0.775. The molecule has 1 fully saturated rings. The van der Waals surface area contributed by atoms with Crippen LogP contribution in [0.1, 0.15) is 23.8 Å². The third-order valence-corrected chi connectivity index (χ3v) is 4.56. The maximum absolute atomic E-state index is 10.3. The van der Waals surface area contributed by atoms with Gasteiger partial charge in [-0.15, -0.1) is 11.3 Å². The van der Waals surface area contributed by atoms with Gasteiger partial charge in [0.25, 0.3) is 0 Å². The molecule has 1 aliphatic heterocycles. The topological polar surface area (TPSA) is 53.2 Å². The first-order chi connectivity index (χ1) is 7.68. The van der Waals surface area contributed by atoms with E-state index in [1.807, 2.05) is 12.1 Å². The molecule has 2 heterocycles. The molecule has 1 aliphatic rings. The molecule has 0 bridgehead atoms. The van der Waals surface area contributed by atoms with Crippen LogP contribution in [0.15, 0.2) is 15.9 Å². The Kier molecular flexibility index (Phi) is 3.65. The van der Waals surface area contributed by atoms with Crippen molar-refractivity contribution in [3.8, 4) is 6.07 Å². The van der Waals surface area contributed by atoms with Gasteiger partial charge in [-0.1, -0.05) is 0 Å². The van der Waals surface area contributed by atoms with E-state index in [1.54, 1.807) is 0 Å². The summed E-state index contributed by atoms with van der Waals surface area (Å²) in [5.74, 6) is 0. The first-order valence-electron chi connectivity index (χ1n) is 5.10. The van der Waals surface area contributed by atoms with Crippen molar-refractivity contribution in [3.63, 3.8) is 0 Å². The fourth-order valence-corrected chi connectivity index (χ4v) is 3.46. The van der Waals surface area contributed by atoms with Crippen LogP contribution in [-0.2, 0) is 4.74 Å². The Morgan fingerprint density at radius 3 is 2.94 bits per heavy atom. The second-order valence-electron chi connectivity index (χ2n) is 3.97. The van der Waals surface area contributed by atoms with Gasteiger partial charge in [-0.3, -0.25) is 0 Å². The van der Waals surface area contributed by atoms with Gasteiger partial charge in [-0.2, -0.15) is 5.26 Å². The molecule has 0 amide bonds. The summed E-state index contributed by atoms with van der Waals surface area (Å²) in [5.41, 5.74) is -0.775. The van der Waals surface area contributed by atoms with Crippen molar-refractivity contribution in [1.29, 1.82) is 5.26 Å². The molecule has 1 N–H and O–H groups in total. The number of ether oxygens (including phenoxy) is 1. The van der Waals surface area contributed by atoms with Gasteiger partial charge >= 0.3 is 0 Å². The lowest BCUT2D eigenvalue weighted by Crippen LogP contribution is -2.36. The number of thiophene rings is 1.